The van der Waals surface area contributed by atoms with Gasteiger partial charge in [-0.1, -0.05) is 6.07 Å². The van der Waals surface area contributed by atoms with Crippen LogP contribution in [-0.4, -0.2) is 11.6 Å². The maximum absolute atomic E-state index is 11.1. The van der Waals surface area contributed by atoms with E-state index in [2.05, 4.69) is 0 Å². The van der Waals surface area contributed by atoms with Gasteiger partial charge in [0.25, 0.3) is 5.79 Å². The number of rotatable bonds is 2. The van der Waals surface area contributed by atoms with Gasteiger partial charge in [-0.05, 0) is 37.5 Å². The lowest BCUT2D eigenvalue weighted by Gasteiger charge is -2.21. The minimum absolute atomic E-state index is 0.166. The Labute approximate surface area is 101 Å². The van der Waals surface area contributed by atoms with Gasteiger partial charge in [-0.15, -0.1) is 0 Å². The van der Waals surface area contributed by atoms with Crippen molar-refractivity contribution in [2.24, 2.45) is 0 Å². The normalized spacial score (nSPS) is 19.8. The third-order valence-corrected chi connectivity index (χ3v) is 3.42. The van der Waals surface area contributed by atoms with Crippen molar-refractivity contribution in [3.05, 3.63) is 23.8 Å². The second kappa shape index (κ2) is 3.76. The first-order valence-electron chi connectivity index (χ1n) is 6.17. The van der Waals surface area contributed by atoms with Crippen molar-refractivity contribution in [1.29, 1.82) is 0 Å². The number of hydrogen-bond acceptors (Lipinski definition) is 3. The molecule has 0 aromatic heterocycles. The number of carbonyl (C=O) groups excluding carboxylic acids is 1. The Kier molecular flexibility index (Phi) is 2.35. The number of benzene rings is 1. The number of hydrogen-bond donors (Lipinski definition) is 0. The minimum Gasteiger partial charge on any atom is -0.448 e. The largest absolute Gasteiger partial charge is 0.448 e. The van der Waals surface area contributed by atoms with E-state index in [-0.39, 0.29) is 5.78 Å². The van der Waals surface area contributed by atoms with E-state index in [1.54, 1.807) is 6.92 Å². The third kappa shape index (κ3) is 1.90. The van der Waals surface area contributed by atoms with E-state index in [1.165, 1.54) is 0 Å². The fourth-order valence-corrected chi connectivity index (χ4v) is 2.65. The molecule has 1 aromatic rings. The summed E-state index contributed by atoms with van der Waals surface area (Å²) in [6.07, 6.45) is 4.71. The van der Waals surface area contributed by atoms with Crippen molar-refractivity contribution in [3.8, 4) is 11.5 Å². The van der Waals surface area contributed by atoms with E-state index in [1.807, 2.05) is 18.2 Å². The van der Waals surface area contributed by atoms with Gasteiger partial charge in [0.05, 0.1) is 0 Å². The summed E-state index contributed by atoms with van der Waals surface area (Å²) in [7, 11) is 0. The molecule has 1 fully saturated rings. The number of ketones is 1. The van der Waals surface area contributed by atoms with E-state index >= 15 is 0 Å². The zero-order chi connectivity index (χ0) is 11.9. The molecular formula is C14H16O3. The molecule has 1 aromatic carbocycles. The Hall–Kier alpha value is -1.51. The van der Waals surface area contributed by atoms with Gasteiger partial charge in [-0.2, -0.15) is 0 Å². The summed E-state index contributed by atoms with van der Waals surface area (Å²) in [5.41, 5.74) is 0.995. The predicted molar refractivity (Wildman–Crippen MR) is 63.3 cm³/mol. The van der Waals surface area contributed by atoms with Crippen LogP contribution in [0.4, 0.5) is 0 Å². The fourth-order valence-electron chi connectivity index (χ4n) is 2.65. The molecule has 17 heavy (non-hydrogen) atoms. The van der Waals surface area contributed by atoms with E-state index in [0.29, 0.717) is 6.42 Å². The predicted octanol–water partition coefficient (Wildman–Crippen LogP) is 2.86. The molecule has 0 radical (unpaired) electrons. The van der Waals surface area contributed by atoms with Crippen LogP contribution in [0, 0.1) is 0 Å². The van der Waals surface area contributed by atoms with Crippen LogP contribution in [0.5, 0.6) is 11.5 Å². The SMILES string of the molecule is CC(=O)Cc1ccc2c(c1)OC1(CCCC1)O2. The molecule has 1 saturated carbocycles. The van der Waals surface area contributed by atoms with Crippen LogP contribution in [0.1, 0.15) is 38.2 Å². The molecule has 1 spiro atoms. The van der Waals surface area contributed by atoms with Crippen LogP contribution in [-0.2, 0) is 11.2 Å². The average molecular weight is 232 g/mol. The summed E-state index contributed by atoms with van der Waals surface area (Å²) < 4.78 is 11.9. The second-order valence-corrected chi connectivity index (χ2v) is 4.98. The molecule has 0 atom stereocenters. The Balaban J connectivity index is 1.85. The van der Waals surface area contributed by atoms with Crippen molar-refractivity contribution >= 4 is 5.78 Å². The molecule has 0 N–H and O–H groups in total. The topological polar surface area (TPSA) is 35.5 Å². The summed E-state index contributed by atoms with van der Waals surface area (Å²) >= 11 is 0. The Morgan fingerprint density at radius 3 is 2.65 bits per heavy atom. The van der Waals surface area contributed by atoms with E-state index < -0.39 is 5.79 Å². The van der Waals surface area contributed by atoms with Gasteiger partial charge >= 0.3 is 0 Å². The first-order valence-corrected chi connectivity index (χ1v) is 6.17. The first kappa shape index (κ1) is 10.6. The Bertz CT molecular complexity index is 459. The average Bonchev–Trinajstić information content (AvgIpc) is 2.84. The highest BCUT2D eigenvalue weighted by Crippen LogP contribution is 2.46. The number of carbonyl (C=O) groups is 1. The van der Waals surface area contributed by atoms with Gasteiger partial charge in [0.1, 0.15) is 5.78 Å². The molecule has 3 heteroatoms. The molecule has 1 aliphatic heterocycles. The number of Topliss-reactive ketones (excluding diaryl/α,β-unsaturated/α-hetero) is 1. The maximum atomic E-state index is 11.1. The van der Waals surface area contributed by atoms with Crippen molar-refractivity contribution in [2.75, 3.05) is 0 Å². The van der Waals surface area contributed by atoms with Gasteiger partial charge in [-0.3, -0.25) is 4.79 Å². The standard InChI is InChI=1S/C14H16O3/c1-10(15)8-11-4-5-12-13(9-11)17-14(16-12)6-2-3-7-14/h4-5,9H,2-3,6-8H2,1H3. The molecule has 0 amide bonds. The fraction of sp³-hybridized carbons (Fsp3) is 0.500. The molecule has 0 unspecified atom stereocenters. The highest BCUT2D eigenvalue weighted by Gasteiger charge is 2.43. The minimum atomic E-state index is -0.406. The lowest BCUT2D eigenvalue weighted by atomic mass is 10.1. The highest BCUT2D eigenvalue weighted by atomic mass is 16.7. The molecular weight excluding hydrogens is 216 g/mol. The highest BCUT2D eigenvalue weighted by molar-refractivity contribution is 5.78. The van der Waals surface area contributed by atoms with Crippen LogP contribution in [0.15, 0.2) is 18.2 Å². The summed E-state index contributed by atoms with van der Waals surface area (Å²) in [4.78, 5) is 11.1. The van der Waals surface area contributed by atoms with Crippen molar-refractivity contribution < 1.29 is 14.3 Å². The smallest absolute Gasteiger partial charge is 0.251 e. The monoisotopic (exact) mass is 232 g/mol. The number of ether oxygens (including phenoxy) is 2. The van der Waals surface area contributed by atoms with Gasteiger partial charge < -0.3 is 9.47 Å². The van der Waals surface area contributed by atoms with E-state index in [9.17, 15) is 4.79 Å². The molecule has 1 heterocycles. The van der Waals surface area contributed by atoms with Gasteiger partial charge in [0.15, 0.2) is 11.5 Å². The second-order valence-electron chi connectivity index (χ2n) is 4.98. The van der Waals surface area contributed by atoms with Crippen LogP contribution in [0.3, 0.4) is 0 Å². The summed E-state index contributed by atoms with van der Waals surface area (Å²) in [5.74, 6) is 1.38. The maximum Gasteiger partial charge on any atom is 0.251 e. The van der Waals surface area contributed by atoms with Gasteiger partial charge in [0, 0.05) is 19.3 Å². The van der Waals surface area contributed by atoms with Crippen LogP contribution >= 0.6 is 0 Å². The zero-order valence-electron chi connectivity index (χ0n) is 9.99. The molecule has 3 rings (SSSR count). The van der Waals surface area contributed by atoms with E-state index in [0.717, 1.165) is 42.7 Å². The quantitative estimate of drug-likeness (QED) is 0.786. The Morgan fingerprint density at radius 2 is 1.94 bits per heavy atom. The van der Waals surface area contributed by atoms with Gasteiger partial charge in [0.2, 0.25) is 0 Å². The summed E-state index contributed by atoms with van der Waals surface area (Å²) in [6.45, 7) is 1.60. The molecule has 0 bridgehead atoms. The summed E-state index contributed by atoms with van der Waals surface area (Å²) in [5, 5.41) is 0. The van der Waals surface area contributed by atoms with E-state index in [4.69, 9.17) is 9.47 Å². The first-order chi connectivity index (χ1) is 8.17. The lowest BCUT2D eigenvalue weighted by Crippen LogP contribution is -2.34. The molecule has 0 saturated heterocycles. The molecule has 2 aliphatic rings. The zero-order valence-corrected chi connectivity index (χ0v) is 9.99. The number of fused-ring (bicyclic) bond motifs is 1. The lowest BCUT2D eigenvalue weighted by molar-refractivity contribution is -0.116. The van der Waals surface area contributed by atoms with Crippen molar-refractivity contribution in [1.82, 2.24) is 0 Å². The summed E-state index contributed by atoms with van der Waals surface area (Å²) in [6, 6.07) is 5.79. The van der Waals surface area contributed by atoms with Gasteiger partial charge in [-0.25, -0.2) is 0 Å². The van der Waals surface area contributed by atoms with Crippen LogP contribution < -0.4 is 9.47 Å². The molecule has 90 valence electrons. The third-order valence-electron chi connectivity index (χ3n) is 3.42. The van der Waals surface area contributed by atoms with Crippen molar-refractivity contribution in [3.63, 3.8) is 0 Å². The Morgan fingerprint density at radius 1 is 1.24 bits per heavy atom. The van der Waals surface area contributed by atoms with Crippen molar-refractivity contribution in [2.45, 2.75) is 44.8 Å². The van der Waals surface area contributed by atoms with Crippen LogP contribution in [0.2, 0.25) is 0 Å². The van der Waals surface area contributed by atoms with Crippen LogP contribution in [0.25, 0.3) is 0 Å². The molecule has 1 aliphatic carbocycles. The molecule has 3 nitrogen and oxygen atoms in total.